The second kappa shape index (κ2) is 13.2. The average Bonchev–Trinajstić information content (AvgIpc) is 3.03. The van der Waals surface area contributed by atoms with E-state index < -0.39 is 16.1 Å². The van der Waals surface area contributed by atoms with Crippen LogP contribution in [-0.2, 0) is 14.8 Å². The highest BCUT2D eigenvalue weighted by molar-refractivity contribution is 7.89. The molecule has 0 aromatic heterocycles. The quantitative estimate of drug-likeness (QED) is 0.275. The Kier molecular flexibility index (Phi) is 9.22. The first kappa shape index (κ1) is 29.3. The lowest BCUT2D eigenvalue weighted by Gasteiger charge is -2.39. The second-order valence-electron chi connectivity index (χ2n) is 10.1. The number of hydrogen-bond acceptors (Lipinski definition) is 6. The Labute approximate surface area is 247 Å². The van der Waals surface area contributed by atoms with Crippen LogP contribution < -0.4 is 14.8 Å². The molecule has 218 valence electrons. The summed E-state index contributed by atoms with van der Waals surface area (Å²) in [5, 5.41) is 2.79. The van der Waals surface area contributed by atoms with E-state index in [-0.39, 0.29) is 16.8 Å². The van der Waals surface area contributed by atoms with Crippen molar-refractivity contribution in [3.05, 3.63) is 120 Å². The van der Waals surface area contributed by atoms with Crippen molar-refractivity contribution in [2.24, 2.45) is 0 Å². The molecule has 8 nitrogen and oxygen atoms in total. The molecule has 1 aliphatic heterocycles. The molecule has 1 fully saturated rings. The van der Waals surface area contributed by atoms with Crippen LogP contribution in [0.4, 0.5) is 5.69 Å². The minimum absolute atomic E-state index is 0.0505. The number of para-hydroxylation sites is 2. The smallest absolute Gasteiger partial charge is 0.265 e. The van der Waals surface area contributed by atoms with Gasteiger partial charge < -0.3 is 14.8 Å². The molecule has 1 unspecified atom stereocenters. The number of amides is 1. The number of hydrogen-bond donors (Lipinski definition) is 1. The van der Waals surface area contributed by atoms with Crippen molar-refractivity contribution in [3.8, 4) is 11.5 Å². The summed E-state index contributed by atoms with van der Waals surface area (Å²) in [5.41, 5.74) is 2.84. The molecule has 0 radical (unpaired) electrons. The SMILES string of the molecule is COc1ccccc1OC(C)C(=O)Nc1ccc(S(=O)(=O)N2CCN(C(c3ccccc3)c3ccccc3)CC2)cc1. The van der Waals surface area contributed by atoms with Crippen molar-refractivity contribution in [1.29, 1.82) is 0 Å². The van der Waals surface area contributed by atoms with Gasteiger partial charge >= 0.3 is 0 Å². The number of nitrogens with one attached hydrogen (secondary N) is 1. The number of sulfonamides is 1. The van der Waals surface area contributed by atoms with Gasteiger partial charge in [0.05, 0.1) is 18.0 Å². The van der Waals surface area contributed by atoms with Crippen LogP contribution in [0.5, 0.6) is 11.5 Å². The van der Waals surface area contributed by atoms with Gasteiger partial charge in [0.1, 0.15) is 0 Å². The molecule has 1 aliphatic rings. The Balaban J connectivity index is 1.21. The highest BCUT2D eigenvalue weighted by Gasteiger charge is 2.32. The predicted molar refractivity (Wildman–Crippen MR) is 163 cm³/mol. The van der Waals surface area contributed by atoms with E-state index in [1.807, 2.05) is 42.5 Å². The van der Waals surface area contributed by atoms with Gasteiger partial charge in [-0.1, -0.05) is 72.8 Å². The fourth-order valence-corrected chi connectivity index (χ4v) is 6.57. The molecule has 5 rings (SSSR count). The largest absolute Gasteiger partial charge is 0.493 e. The number of piperazine rings is 1. The van der Waals surface area contributed by atoms with Crippen LogP contribution in [0, 0.1) is 0 Å². The van der Waals surface area contributed by atoms with Crippen LogP contribution in [0.3, 0.4) is 0 Å². The van der Waals surface area contributed by atoms with Gasteiger partial charge in [-0.25, -0.2) is 8.42 Å². The number of carbonyl (C=O) groups excluding carboxylic acids is 1. The van der Waals surface area contributed by atoms with Gasteiger partial charge in [-0.2, -0.15) is 4.31 Å². The third-order valence-electron chi connectivity index (χ3n) is 7.37. The monoisotopic (exact) mass is 585 g/mol. The maximum atomic E-state index is 13.5. The summed E-state index contributed by atoms with van der Waals surface area (Å²) in [7, 11) is -2.16. The van der Waals surface area contributed by atoms with E-state index in [0.29, 0.717) is 43.4 Å². The summed E-state index contributed by atoms with van der Waals surface area (Å²) in [6, 6.07) is 34.0. The van der Waals surface area contributed by atoms with Crippen molar-refractivity contribution in [1.82, 2.24) is 9.21 Å². The van der Waals surface area contributed by atoms with Crippen molar-refractivity contribution in [2.45, 2.75) is 24.0 Å². The molecule has 0 bridgehead atoms. The third kappa shape index (κ3) is 6.65. The van der Waals surface area contributed by atoms with E-state index in [9.17, 15) is 13.2 Å². The van der Waals surface area contributed by atoms with Gasteiger partial charge in [-0.3, -0.25) is 9.69 Å². The van der Waals surface area contributed by atoms with E-state index in [1.165, 1.54) is 34.7 Å². The number of benzene rings is 4. The Morgan fingerprint density at radius 3 is 1.81 bits per heavy atom. The number of anilines is 1. The van der Waals surface area contributed by atoms with Crippen molar-refractivity contribution < 1.29 is 22.7 Å². The molecule has 0 saturated carbocycles. The van der Waals surface area contributed by atoms with Gasteiger partial charge in [0.25, 0.3) is 5.91 Å². The summed E-state index contributed by atoms with van der Waals surface area (Å²) in [5.74, 6) is 0.630. The Bertz CT molecular complexity index is 1530. The predicted octanol–water partition coefficient (Wildman–Crippen LogP) is 5.20. The summed E-state index contributed by atoms with van der Waals surface area (Å²) in [6.07, 6.45) is -0.795. The van der Waals surface area contributed by atoms with E-state index >= 15 is 0 Å². The van der Waals surface area contributed by atoms with Crippen LogP contribution in [0.25, 0.3) is 0 Å². The molecular formula is C33H35N3O5S. The van der Waals surface area contributed by atoms with Crippen molar-refractivity contribution in [2.75, 3.05) is 38.6 Å². The van der Waals surface area contributed by atoms with Crippen LogP contribution in [0.15, 0.2) is 114 Å². The fraction of sp³-hybridized carbons (Fsp3) is 0.242. The zero-order chi connectivity index (χ0) is 29.5. The first-order valence-corrected chi connectivity index (χ1v) is 15.4. The Hall–Kier alpha value is -4.18. The number of rotatable bonds is 10. The van der Waals surface area contributed by atoms with Crippen LogP contribution in [0.2, 0.25) is 0 Å². The molecule has 1 amide bonds. The zero-order valence-electron chi connectivity index (χ0n) is 23.7. The van der Waals surface area contributed by atoms with Gasteiger partial charge in [0.2, 0.25) is 10.0 Å². The van der Waals surface area contributed by atoms with Crippen LogP contribution >= 0.6 is 0 Å². The van der Waals surface area contributed by atoms with Crippen LogP contribution in [0.1, 0.15) is 24.1 Å². The number of ether oxygens (including phenoxy) is 2. The summed E-state index contributed by atoms with van der Waals surface area (Å²) < 4.78 is 39.6. The fourth-order valence-electron chi connectivity index (χ4n) is 5.15. The average molecular weight is 586 g/mol. The lowest BCUT2D eigenvalue weighted by Crippen LogP contribution is -2.49. The maximum absolute atomic E-state index is 13.5. The Morgan fingerprint density at radius 2 is 1.26 bits per heavy atom. The normalized spacial score (nSPS) is 15.2. The minimum atomic E-state index is -3.70. The highest BCUT2D eigenvalue weighted by Crippen LogP contribution is 2.31. The highest BCUT2D eigenvalue weighted by atomic mass is 32.2. The molecule has 1 saturated heterocycles. The lowest BCUT2D eigenvalue weighted by atomic mass is 9.96. The van der Waals surface area contributed by atoms with E-state index in [1.54, 1.807) is 37.3 Å². The first-order chi connectivity index (χ1) is 20.4. The molecule has 4 aromatic rings. The van der Waals surface area contributed by atoms with E-state index in [0.717, 1.165) is 0 Å². The number of carbonyl (C=O) groups is 1. The number of methoxy groups -OCH3 is 1. The summed E-state index contributed by atoms with van der Waals surface area (Å²) in [4.78, 5) is 15.3. The van der Waals surface area contributed by atoms with Gasteiger partial charge in [-0.05, 0) is 54.4 Å². The Morgan fingerprint density at radius 1 is 0.738 bits per heavy atom. The van der Waals surface area contributed by atoms with Crippen molar-refractivity contribution >= 4 is 21.6 Å². The molecule has 4 aromatic carbocycles. The third-order valence-corrected chi connectivity index (χ3v) is 9.28. The molecule has 1 heterocycles. The minimum Gasteiger partial charge on any atom is -0.493 e. The summed E-state index contributed by atoms with van der Waals surface area (Å²) in [6.45, 7) is 3.61. The molecule has 0 spiro atoms. The van der Waals surface area contributed by atoms with Crippen molar-refractivity contribution in [3.63, 3.8) is 0 Å². The zero-order valence-corrected chi connectivity index (χ0v) is 24.5. The van der Waals surface area contributed by atoms with Crippen LogP contribution in [-0.4, -0.2) is 62.9 Å². The topological polar surface area (TPSA) is 88.2 Å². The molecule has 9 heteroatoms. The van der Waals surface area contributed by atoms with Gasteiger partial charge in [0, 0.05) is 31.9 Å². The molecule has 1 atom stereocenters. The maximum Gasteiger partial charge on any atom is 0.265 e. The lowest BCUT2D eigenvalue weighted by molar-refractivity contribution is -0.122. The molecular weight excluding hydrogens is 550 g/mol. The standard InChI is InChI=1S/C33H35N3O5S/c1-25(41-31-16-10-9-15-30(31)40-2)33(37)34-28-17-19-29(20-18-28)42(38,39)36-23-21-35(22-24-36)32(26-11-5-3-6-12-26)27-13-7-4-8-14-27/h3-20,25,32H,21-24H2,1-2H3,(H,34,37). The number of nitrogens with zero attached hydrogens (tertiary/aromatic N) is 2. The van der Waals surface area contributed by atoms with E-state index in [2.05, 4.69) is 34.5 Å². The molecule has 42 heavy (non-hydrogen) atoms. The van der Waals surface area contributed by atoms with Gasteiger partial charge in [0.15, 0.2) is 17.6 Å². The summed E-state index contributed by atoms with van der Waals surface area (Å²) >= 11 is 0. The second-order valence-corrected chi connectivity index (χ2v) is 12.0. The molecule has 1 N–H and O–H groups in total. The van der Waals surface area contributed by atoms with E-state index in [4.69, 9.17) is 9.47 Å². The van der Waals surface area contributed by atoms with Gasteiger partial charge in [-0.15, -0.1) is 0 Å². The molecule has 0 aliphatic carbocycles. The first-order valence-electron chi connectivity index (χ1n) is 13.9.